The Labute approximate surface area is 91.9 Å². The van der Waals surface area contributed by atoms with Gasteiger partial charge in [0, 0.05) is 5.92 Å². The van der Waals surface area contributed by atoms with Crippen molar-refractivity contribution < 1.29 is 4.79 Å². The molecule has 0 amide bonds. The fourth-order valence-corrected chi connectivity index (χ4v) is 4.62. The molecule has 3 unspecified atom stereocenters. The van der Waals surface area contributed by atoms with E-state index in [0.717, 1.165) is 11.8 Å². The molecule has 0 spiro atoms. The highest BCUT2D eigenvalue weighted by molar-refractivity contribution is 5.95. The molecule has 0 heterocycles. The van der Waals surface area contributed by atoms with Gasteiger partial charge in [0.2, 0.25) is 0 Å². The van der Waals surface area contributed by atoms with Gasteiger partial charge in [0.1, 0.15) is 0 Å². The van der Waals surface area contributed by atoms with Crippen LogP contribution in [-0.2, 0) is 4.79 Å². The quantitative estimate of drug-likeness (QED) is 0.641. The van der Waals surface area contributed by atoms with Crippen LogP contribution in [0.5, 0.6) is 0 Å². The number of rotatable bonds is 1. The molecule has 3 fully saturated rings. The summed E-state index contributed by atoms with van der Waals surface area (Å²) in [5, 5.41) is 0. The van der Waals surface area contributed by atoms with E-state index in [1.165, 1.54) is 12.8 Å². The van der Waals surface area contributed by atoms with Gasteiger partial charge in [-0.2, -0.15) is 0 Å². The number of hydrogen-bond acceptors (Lipinski definition) is 1. The first-order valence-corrected chi connectivity index (χ1v) is 6.28. The summed E-state index contributed by atoms with van der Waals surface area (Å²) in [5.41, 5.74) is 0.335. The molecule has 4 aliphatic carbocycles. The van der Waals surface area contributed by atoms with Crippen LogP contribution in [0.15, 0.2) is 12.2 Å². The predicted octanol–water partition coefficient (Wildman–Crippen LogP) is 3.06. The molecule has 0 radical (unpaired) electrons. The lowest BCUT2D eigenvalue weighted by Crippen LogP contribution is -2.65. The Morgan fingerprint density at radius 3 is 2.80 bits per heavy atom. The monoisotopic (exact) mass is 204 g/mol. The van der Waals surface area contributed by atoms with Crippen molar-refractivity contribution in [3.63, 3.8) is 0 Å². The van der Waals surface area contributed by atoms with Gasteiger partial charge in [-0.1, -0.05) is 26.8 Å². The van der Waals surface area contributed by atoms with Gasteiger partial charge in [0.25, 0.3) is 0 Å². The molecule has 0 aliphatic heterocycles. The summed E-state index contributed by atoms with van der Waals surface area (Å²) in [6.07, 6.45) is 6.66. The molecule has 0 aromatic carbocycles. The normalized spacial score (nSPS) is 51.9. The molecule has 4 aliphatic rings. The van der Waals surface area contributed by atoms with E-state index in [4.69, 9.17) is 0 Å². The molecular formula is C14H20O. The van der Waals surface area contributed by atoms with Gasteiger partial charge in [-0.3, -0.25) is 4.79 Å². The van der Waals surface area contributed by atoms with Crippen molar-refractivity contribution in [2.75, 3.05) is 0 Å². The van der Waals surface area contributed by atoms with Crippen LogP contribution in [0.2, 0.25) is 0 Å². The molecule has 1 heteroatoms. The Hall–Kier alpha value is -0.590. The Morgan fingerprint density at radius 1 is 1.47 bits per heavy atom. The third kappa shape index (κ3) is 0.971. The SMILES string of the molecule is CC(C)C1CCC2(C)C3C=CC(=O)[C@@H]2[C@@H]13. The van der Waals surface area contributed by atoms with Gasteiger partial charge in [-0.25, -0.2) is 0 Å². The summed E-state index contributed by atoms with van der Waals surface area (Å²) < 4.78 is 0. The second-order valence-corrected chi connectivity index (χ2v) is 6.29. The van der Waals surface area contributed by atoms with Crippen molar-refractivity contribution in [3.05, 3.63) is 12.2 Å². The van der Waals surface area contributed by atoms with Crippen molar-refractivity contribution in [3.8, 4) is 0 Å². The first kappa shape index (κ1) is 9.62. The van der Waals surface area contributed by atoms with Crippen molar-refractivity contribution >= 4 is 5.78 Å². The topological polar surface area (TPSA) is 17.1 Å². The maximum Gasteiger partial charge on any atom is 0.159 e. The van der Waals surface area contributed by atoms with Crippen LogP contribution in [0.3, 0.4) is 0 Å². The molecule has 15 heavy (non-hydrogen) atoms. The summed E-state index contributed by atoms with van der Waals surface area (Å²) in [4.78, 5) is 11.9. The predicted molar refractivity (Wildman–Crippen MR) is 60.3 cm³/mol. The number of carbonyl (C=O) groups excluding carboxylic acids is 1. The summed E-state index contributed by atoms with van der Waals surface area (Å²) in [7, 11) is 0. The Balaban J connectivity index is 1.98. The van der Waals surface area contributed by atoms with Crippen LogP contribution < -0.4 is 0 Å². The van der Waals surface area contributed by atoms with Crippen LogP contribution in [-0.4, -0.2) is 5.78 Å². The number of allylic oxidation sites excluding steroid dienone is 2. The zero-order valence-electron chi connectivity index (χ0n) is 9.86. The highest BCUT2D eigenvalue weighted by Crippen LogP contribution is 2.69. The number of carbonyl (C=O) groups is 1. The van der Waals surface area contributed by atoms with Gasteiger partial charge in [0.05, 0.1) is 0 Å². The molecule has 0 aromatic rings. The summed E-state index contributed by atoms with van der Waals surface area (Å²) in [6, 6.07) is 0. The van der Waals surface area contributed by atoms with E-state index in [1.807, 2.05) is 6.08 Å². The van der Waals surface area contributed by atoms with E-state index < -0.39 is 0 Å². The average Bonchev–Trinajstić information content (AvgIpc) is 2.17. The molecular weight excluding hydrogens is 184 g/mol. The fraction of sp³-hybridized carbons (Fsp3) is 0.786. The maximum atomic E-state index is 11.9. The highest BCUT2D eigenvalue weighted by Gasteiger charge is 2.66. The smallest absolute Gasteiger partial charge is 0.159 e. The van der Waals surface area contributed by atoms with Crippen molar-refractivity contribution in [1.29, 1.82) is 0 Å². The summed E-state index contributed by atoms with van der Waals surface area (Å²) >= 11 is 0. The van der Waals surface area contributed by atoms with Crippen molar-refractivity contribution in [1.82, 2.24) is 0 Å². The fourth-order valence-electron chi connectivity index (χ4n) is 4.62. The third-order valence-electron chi connectivity index (χ3n) is 5.41. The second kappa shape index (κ2) is 2.75. The maximum absolute atomic E-state index is 11.9. The molecule has 82 valence electrons. The average molecular weight is 204 g/mol. The Bertz CT molecular complexity index is 341. The second-order valence-electron chi connectivity index (χ2n) is 6.29. The lowest BCUT2D eigenvalue weighted by atomic mass is 9.36. The minimum atomic E-state index is 0.335. The Morgan fingerprint density at radius 2 is 2.20 bits per heavy atom. The largest absolute Gasteiger partial charge is 0.295 e. The van der Waals surface area contributed by atoms with Gasteiger partial charge in [-0.05, 0) is 48.0 Å². The zero-order chi connectivity index (χ0) is 10.8. The van der Waals surface area contributed by atoms with E-state index >= 15 is 0 Å². The Kier molecular flexibility index (Phi) is 1.76. The van der Waals surface area contributed by atoms with Crippen molar-refractivity contribution in [2.24, 2.45) is 35.0 Å². The molecule has 4 bridgehead atoms. The van der Waals surface area contributed by atoms with Gasteiger partial charge in [-0.15, -0.1) is 0 Å². The number of hydrogen-bond donors (Lipinski definition) is 0. The van der Waals surface area contributed by atoms with E-state index in [1.54, 1.807) is 0 Å². The lowest BCUT2D eigenvalue weighted by Gasteiger charge is -2.67. The zero-order valence-corrected chi connectivity index (χ0v) is 9.86. The van der Waals surface area contributed by atoms with E-state index in [2.05, 4.69) is 26.8 Å². The van der Waals surface area contributed by atoms with Gasteiger partial charge >= 0.3 is 0 Å². The van der Waals surface area contributed by atoms with E-state index in [9.17, 15) is 4.79 Å². The first-order chi connectivity index (χ1) is 7.05. The molecule has 5 atom stereocenters. The van der Waals surface area contributed by atoms with E-state index in [0.29, 0.717) is 29.0 Å². The third-order valence-corrected chi connectivity index (χ3v) is 5.41. The lowest BCUT2D eigenvalue weighted by molar-refractivity contribution is -0.183. The van der Waals surface area contributed by atoms with Crippen LogP contribution in [0, 0.1) is 35.0 Å². The number of fused-ring (bicyclic) bond motifs is 2. The molecule has 3 saturated carbocycles. The number of ketones is 1. The standard InChI is InChI=1S/C14H20O/c1-8(2)9-6-7-14(3)10-4-5-11(15)13(14)12(9)10/h4-5,8-10,12-13H,6-7H2,1-3H3/t9?,10?,12-,13+,14?/m0/s1. The van der Waals surface area contributed by atoms with Crippen LogP contribution in [0.25, 0.3) is 0 Å². The van der Waals surface area contributed by atoms with E-state index in [-0.39, 0.29) is 0 Å². The van der Waals surface area contributed by atoms with Gasteiger partial charge < -0.3 is 0 Å². The molecule has 0 saturated heterocycles. The molecule has 4 rings (SSSR count). The molecule has 1 nitrogen and oxygen atoms in total. The first-order valence-electron chi connectivity index (χ1n) is 6.28. The summed E-state index contributed by atoms with van der Waals surface area (Å²) in [5.74, 6) is 3.70. The highest BCUT2D eigenvalue weighted by atomic mass is 16.1. The minimum absolute atomic E-state index is 0.335. The molecule has 0 aromatic heterocycles. The van der Waals surface area contributed by atoms with Gasteiger partial charge in [0.15, 0.2) is 5.78 Å². The molecule has 0 N–H and O–H groups in total. The minimum Gasteiger partial charge on any atom is -0.295 e. The van der Waals surface area contributed by atoms with Crippen LogP contribution in [0.1, 0.15) is 33.6 Å². The van der Waals surface area contributed by atoms with Crippen LogP contribution in [0.4, 0.5) is 0 Å². The van der Waals surface area contributed by atoms with Crippen molar-refractivity contribution in [2.45, 2.75) is 33.6 Å². The van der Waals surface area contributed by atoms with Crippen LogP contribution >= 0.6 is 0 Å². The summed E-state index contributed by atoms with van der Waals surface area (Å²) in [6.45, 7) is 6.96.